The van der Waals surface area contributed by atoms with Gasteiger partial charge >= 0.3 is 0 Å². The second kappa shape index (κ2) is 7.43. The average molecular weight is 399 g/mol. The van der Waals surface area contributed by atoms with Gasteiger partial charge in [-0.15, -0.1) is 0 Å². The highest BCUT2D eigenvalue weighted by atomic mass is 16.2. The maximum atomic E-state index is 13.6. The maximum Gasteiger partial charge on any atom is 0.272 e. The van der Waals surface area contributed by atoms with Crippen molar-refractivity contribution < 1.29 is 14.4 Å². The molecule has 1 aromatic heterocycles. The molecule has 156 valence electrons. The van der Waals surface area contributed by atoms with Gasteiger partial charge in [-0.3, -0.25) is 19.4 Å². The molecular weight excluding hydrogens is 368 g/mol. The van der Waals surface area contributed by atoms with Gasteiger partial charge in [-0.25, -0.2) is 0 Å². The lowest BCUT2D eigenvalue weighted by atomic mass is 9.79. The van der Waals surface area contributed by atoms with Crippen molar-refractivity contribution in [2.24, 2.45) is 17.3 Å². The zero-order valence-corrected chi connectivity index (χ0v) is 17.6. The molecule has 0 saturated carbocycles. The molecule has 0 aromatic carbocycles. The van der Waals surface area contributed by atoms with Crippen molar-refractivity contribution in [1.29, 1.82) is 0 Å². The Bertz CT molecular complexity index is 833. The first-order valence-electron chi connectivity index (χ1n) is 10.6. The summed E-state index contributed by atoms with van der Waals surface area (Å²) in [5.74, 6) is -0.0284. The standard InChI is InChI=1S/C22H30N4O3/c1-15(2)19(27)25-11-17-12-26(20(28)18-16(3)7-6-8-23-18)14-22(17,13-25)21(29)24-9-4-5-10-24/h6-8,15,17H,4-5,9-14H2,1-3H3/t17-,22-/m0/s1. The summed E-state index contributed by atoms with van der Waals surface area (Å²) in [6.07, 6.45) is 3.68. The fourth-order valence-electron chi connectivity index (χ4n) is 5.15. The minimum Gasteiger partial charge on any atom is -0.342 e. The van der Waals surface area contributed by atoms with Gasteiger partial charge in [0.25, 0.3) is 5.91 Å². The Morgan fingerprint density at radius 1 is 1.07 bits per heavy atom. The van der Waals surface area contributed by atoms with E-state index in [1.807, 2.05) is 42.7 Å². The van der Waals surface area contributed by atoms with Crippen LogP contribution >= 0.6 is 0 Å². The molecule has 3 aliphatic rings. The van der Waals surface area contributed by atoms with Crippen molar-refractivity contribution >= 4 is 17.7 Å². The van der Waals surface area contributed by atoms with E-state index in [1.54, 1.807) is 11.1 Å². The molecule has 0 bridgehead atoms. The van der Waals surface area contributed by atoms with E-state index >= 15 is 0 Å². The van der Waals surface area contributed by atoms with Crippen molar-refractivity contribution in [3.8, 4) is 0 Å². The number of aryl methyl sites for hydroxylation is 1. The third-order valence-electron chi connectivity index (χ3n) is 6.73. The number of carbonyl (C=O) groups excluding carboxylic acids is 3. The number of likely N-dealkylation sites (tertiary alicyclic amines) is 3. The molecule has 2 atom stereocenters. The van der Waals surface area contributed by atoms with Crippen LogP contribution in [0.15, 0.2) is 18.3 Å². The summed E-state index contributed by atoms with van der Waals surface area (Å²) in [6.45, 7) is 9.04. The molecule has 7 heteroatoms. The fourth-order valence-corrected chi connectivity index (χ4v) is 5.15. The van der Waals surface area contributed by atoms with Crippen LogP contribution in [0.5, 0.6) is 0 Å². The first kappa shape index (κ1) is 19.9. The molecule has 0 radical (unpaired) electrons. The normalized spacial score (nSPS) is 26.3. The lowest BCUT2D eigenvalue weighted by Crippen LogP contribution is -2.49. The van der Waals surface area contributed by atoms with E-state index in [0.29, 0.717) is 31.9 Å². The average Bonchev–Trinajstić information content (AvgIpc) is 3.41. The van der Waals surface area contributed by atoms with Crippen LogP contribution < -0.4 is 0 Å². The first-order valence-corrected chi connectivity index (χ1v) is 10.6. The number of carbonyl (C=O) groups is 3. The van der Waals surface area contributed by atoms with Crippen LogP contribution in [0.1, 0.15) is 42.7 Å². The van der Waals surface area contributed by atoms with Gasteiger partial charge < -0.3 is 14.7 Å². The third-order valence-corrected chi connectivity index (χ3v) is 6.73. The molecule has 1 aromatic rings. The Morgan fingerprint density at radius 2 is 1.72 bits per heavy atom. The molecule has 7 nitrogen and oxygen atoms in total. The molecule has 3 saturated heterocycles. The molecule has 3 aliphatic heterocycles. The molecule has 0 N–H and O–H groups in total. The van der Waals surface area contributed by atoms with Crippen molar-refractivity contribution in [3.05, 3.63) is 29.6 Å². The van der Waals surface area contributed by atoms with Crippen LogP contribution in [0.4, 0.5) is 0 Å². The van der Waals surface area contributed by atoms with Crippen LogP contribution in [0.25, 0.3) is 0 Å². The van der Waals surface area contributed by atoms with Crippen molar-refractivity contribution in [3.63, 3.8) is 0 Å². The van der Waals surface area contributed by atoms with E-state index in [4.69, 9.17) is 0 Å². The van der Waals surface area contributed by atoms with Crippen LogP contribution in [0.2, 0.25) is 0 Å². The fraction of sp³-hybridized carbons (Fsp3) is 0.636. The van der Waals surface area contributed by atoms with Crippen molar-refractivity contribution in [1.82, 2.24) is 19.7 Å². The summed E-state index contributed by atoms with van der Waals surface area (Å²) in [5.41, 5.74) is 0.602. The van der Waals surface area contributed by atoms with Gasteiger partial charge in [-0.05, 0) is 31.4 Å². The van der Waals surface area contributed by atoms with E-state index in [1.165, 1.54) is 0 Å². The molecule has 3 fully saturated rings. The highest BCUT2D eigenvalue weighted by Gasteiger charge is 2.60. The third kappa shape index (κ3) is 3.30. The summed E-state index contributed by atoms with van der Waals surface area (Å²) in [6, 6.07) is 3.70. The number of nitrogens with zero attached hydrogens (tertiary/aromatic N) is 4. The van der Waals surface area contributed by atoms with Gasteiger partial charge in [-0.1, -0.05) is 19.9 Å². The Hall–Kier alpha value is -2.44. The lowest BCUT2D eigenvalue weighted by molar-refractivity contribution is -0.141. The summed E-state index contributed by atoms with van der Waals surface area (Å²) in [5, 5.41) is 0. The second-order valence-corrected chi connectivity index (χ2v) is 9.08. The van der Waals surface area contributed by atoms with Gasteiger partial charge in [-0.2, -0.15) is 0 Å². The number of hydrogen-bond acceptors (Lipinski definition) is 4. The summed E-state index contributed by atoms with van der Waals surface area (Å²) in [7, 11) is 0. The summed E-state index contributed by atoms with van der Waals surface area (Å²) < 4.78 is 0. The van der Waals surface area contributed by atoms with Crippen molar-refractivity contribution in [2.45, 2.75) is 33.6 Å². The molecule has 3 amide bonds. The lowest BCUT2D eigenvalue weighted by Gasteiger charge is -2.32. The maximum absolute atomic E-state index is 13.6. The minimum absolute atomic E-state index is 0.0220. The summed E-state index contributed by atoms with van der Waals surface area (Å²) in [4.78, 5) is 49.3. The predicted molar refractivity (Wildman–Crippen MR) is 108 cm³/mol. The van der Waals surface area contributed by atoms with Gasteiger partial charge in [0.2, 0.25) is 11.8 Å². The molecule has 0 aliphatic carbocycles. The van der Waals surface area contributed by atoms with E-state index in [2.05, 4.69) is 4.98 Å². The monoisotopic (exact) mass is 398 g/mol. The number of fused-ring (bicyclic) bond motifs is 1. The number of amides is 3. The molecule has 4 rings (SSSR count). The van der Waals surface area contributed by atoms with Gasteiger partial charge in [0.05, 0.1) is 5.41 Å². The van der Waals surface area contributed by atoms with Crippen LogP contribution in [-0.4, -0.2) is 76.7 Å². The van der Waals surface area contributed by atoms with E-state index in [0.717, 1.165) is 31.5 Å². The summed E-state index contributed by atoms with van der Waals surface area (Å²) >= 11 is 0. The Morgan fingerprint density at radius 3 is 2.38 bits per heavy atom. The smallest absolute Gasteiger partial charge is 0.272 e. The molecule has 29 heavy (non-hydrogen) atoms. The van der Waals surface area contributed by atoms with Gasteiger partial charge in [0, 0.05) is 57.3 Å². The number of pyridine rings is 1. The van der Waals surface area contributed by atoms with Crippen molar-refractivity contribution in [2.75, 3.05) is 39.3 Å². The number of aromatic nitrogens is 1. The predicted octanol–water partition coefficient (Wildman–Crippen LogP) is 1.57. The Balaban J connectivity index is 1.62. The minimum atomic E-state index is -0.687. The number of hydrogen-bond donors (Lipinski definition) is 0. The number of rotatable bonds is 3. The Kier molecular flexibility index (Phi) is 5.09. The van der Waals surface area contributed by atoms with E-state index in [-0.39, 0.29) is 29.6 Å². The molecule has 4 heterocycles. The zero-order valence-electron chi connectivity index (χ0n) is 17.6. The van der Waals surface area contributed by atoms with E-state index < -0.39 is 5.41 Å². The molecule has 0 spiro atoms. The highest BCUT2D eigenvalue weighted by Crippen LogP contribution is 2.45. The largest absolute Gasteiger partial charge is 0.342 e. The second-order valence-electron chi connectivity index (χ2n) is 9.08. The molecule has 0 unspecified atom stereocenters. The molecular formula is C22H30N4O3. The zero-order chi connectivity index (χ0) is 20.8. The highest BCUT2D eigenvalue weighted by molar-refractivity contribution is 5.95. The topological polar surface area (TPSA) is 73.8 Å². The van der Waals surface area contributed by atoms with Crippen LogP contribution in [0.3, 0.4) is 0 Å². The van der Waals surface area contributed by atoms with E-state index in [9.17, 15) is 14.4 Å². The van der Waals surface area contributed by atoms with Gasteiger partial charge in [0.15, 0.2) is 0 Å². The Labute approximate surface area is 172 Å². The van der Waals surface area contributed by atoms with Crippen LogP contribution in [0, 0.1) is 24.2 Å². The first-order chi connectivity index (χ1) is 13.8. The quantitative estimate of drug-likeness (QED) is 0.775. The van der Waals surface area contributed by atoms with Gasteiger partial charge in [0.1, 0.15) is 5.69 Å². The van der Waals surface area contributed by atoms with Crippen LogP contribution in [-0.2, 0) is 9.59 Å². The SMILES string of the molecule is Cc1cccnc1C(=O)N1C[C@@H]2CN(C(=O)C(C)C)C[C@]2(C(=O)N2CCCC2)C1.